The van der Waals surface area contributed by atoms with Crippen molar-refractivity contribution in [2.24, 2.45) is 7.05 Å². The van der Waals surface area contributed by atoms with E-state index in [2.05, 4.69) is 4.98 Å². The maximum absolute atomic E-state index is 12.4. The summed E-state index contributed by atoms with van der Waals surface area (Å²) in [5.41, 5.74) is 0. The van der Waals surface area contributed by atoms with Gasteiger partial charge in [0.25, 0.3) is 10.0 Å². The summed E-state index contributed by atoms with van der Waals surface area (Å²) in [7, 11) is -2.00. The van der Waals surface area contributed by atoms with Gasteiger partial charge in [-0.25, -0.2) is 13.4 Å². The summed E-state index contributed by atoms with van der Waals surface area (Å²) < 4.78 is 33.2. The van der Waals surface area contributed by atoms with Gasteiger partial charge in [0.05, 0.1) is 18.5 Å². The Kier molecular flexibility index (Phi) is 3.68. The van der Waals surface area contributed by atoms with E-state index in [1.165, 1.54) is 15.2 Å². The second-order valence-electron chi connectivity index (χ2n) is 4.53. The van der Waals surface area contributed by atoms with Crippen LogP contribution in [0.25, 0.3) is 0 Å². The van der Waals surface area contributed by atoms with Crippen LogP contribution in [0.1, 0.15) is 13.8 Å². The SMILES string of the molecule is C[C@H]1CN(S(=O)(=O)c2ncn(C)c2Cl)C[C@H](C)O1. The van der Waals surface area contributed by atoms with Crippen molar-refractivity contribution in [1.29, 1.82) is 0 Å². The number of rotatable bonds is 2. The van der Waals surface area contributed by atoms with Gasteiger partial charge in [-0.3, -0.25) is 0 Å². The lowest BCUT2D eigenvalue weighted by molar-refractivity contribution is -0.0441. The summed E-state index contributed by atoms with van der Waals surface area (Å²) in [4.78, 5) is 3.87. The highest BCUT2D eigenvalue weighted by Crippen LogP contribution is 2.25. The van der Waals surface area contributed by atoms with Gasteiger partial charge in [-0.15, -0.1) is 0 Å². The minimum absolute atomic E-state index is 0.0898. The molecule has 0 saturated carbocycles. The smallest absolute Gasteiger partial charge is 0.263 e. The number of nitrogens with zero attached hydrogens (tertiary/aromatic N) is 3. The number of morpholine rings is 1. The van der Waals surface area contributed by atoms with E-state index >= 15 is 0 Å². The molecular formula is C10H16ClN3O3S. The van der Waals surface area contributed by atoms with Gasteiger partial charge in [-0.2, -0.15) is 4.31 Å². The molecule has 102 valence electrons. The van der Waals surface area contributed by atoms with Crippen molar-refractivity contribution in [3.05, 3.63) is 11.5 Å². The van der Waals surface area contributed by atoms with Crippen molar-refractivity contribution in [2.45, 2.75) is 31.1 Å². The van der Waals surface area contributed by atoms with Crippen LogP contribution >= 0.6 is 11.6 Å². The molecule has 0 radical (unpaired) electrons. The van der Waals surface area contributed by atoms with Crippen LogP contribution in [0.5, 0.6) is 0 Å². The molecule has 1 aliphatic rings. The molecule has 0 unspecified atom stereocenters. The molecule has 1 aromatic heterocycles. The van der Waals surface area contributed by atoms with Gasteiger partial charge >= 0.3 is 0 Å². The zero-order valence-corrected chi connectivity index (χ0v) is 12.1. The third-order valence-corrected chi connectivity index (χ3v) is 5.13. The number of hydrogen-bond donors (Lipinski definition) is 0. The Balaban J connectivity index is 2.34. The van der Waals surface area contributed by atoms with Crippen molar-refractivity contribution in [1.82, 2.24) is 13.9 Å². The standard InChI is InChI=1S/C10H16ClN3O3S/c1-7-4-14(5-8(2)17-7)18(15,16)10-9(11)13(3)6-12-10/h6-8H,4-5H2,1-3H3/t7-,8-/m0/s1. The van der Waals surface area contributed by atoms with Crippen LogP contribution in [-0.4, -0.2) is 47.6 Å². The molecule has 2 rings (SSSR count). The van der Waals surface area contributed by atoms with Crippen molar-refractivity contribution in [3.63, 3.8) is 0 Å². The molecule has 6 nitrogen and oxygen atoms in total. The Bertz CT molecular complexity index is 533. The predicted molar refractivity (Wildman–Crippen MR) is 67.0 cm³/mol. The highest BCUT2D eigenvalue weighted by molar-refractivity contribution is 7.89. The van der Waals surface area contributed by atoms with Crippen LogP contribution in [-0.2, 0) is 21.8 Å². The van der Waals surface area contributed by atoms with E-state index < -0.39 is 10.0 Å². The van der Waals surface area contributed by atoms with Crippen LogP contribution in [0.15, 0.2) is 11.4 Å². The normalized spacial score (nSPS) is 26.4. The Morgan fingerprint density at radius 1 is 1.39 bits per heavy atom. The number of imidazole rings is 1. The fraction of sp³-hybridized carbons (Fsp3) is 0.700. The molecule has 1 saturated heterocycles. The molecule has 1 aliphatic heterocycles. The second kappa shape index (κ2) is 4.80. The van der Waals surface area contributed by atoms with E-state index in [4.69, 9.17) is 16.3 Å². The molecular weight excluding hydrogens is 278 g/mol. The molecule has 2 atom stereocenters. The molecule has 0 aliphatic carbocycles. The van der Waals surface area contributed by atoms with Gasteiger partial charge < -0.3 is 9.30 Å². The van der Waals surface area contributed by atoms with Crippen molar-refractivity contribution < 1.29 is 13.2 Å². The fourth-order valence-corrected chi connectivity index (χ4v) is 4.00. The van der Waals surface area contributed by atoms with E-state index in [0.717, 1.165) is 0 Å². The Hall–Kier alpha value is -0.630. The Labute approximate surface area is 112 Å². The molecule has 1 aromatic rings. The summed E-state index contributed by atoms with van der Waals surface area (Å²) in [6.07, 6.45) is 1.12. The van der Waals surface area contributed by atoms with Gasteiger partial charge in [-0.05, 0) is 13.8 Å². The van der Waals surface area contributed by atoms with Crippen molar-refractivity contribution in [2.75, 3.05) is 13.1 Å². The largest absolute Gasteiger partial charge is 0.373 e. The van der Waals surface area contributed by atoms with Crippen LogP contribution in [0, 0.1) is 0 Å². The molecule has 18 heavy (non-hydrogen) atoms. The maximum Gasteiger partial charge on any atom is 0.263 e. The quantitative estimate of drug-likeness (QED) is 0.812. The highest BCUT2D eigenvalue weighted by atomic mass is 35.5. The number of aromatic nitrogens is 2. The summed E-state index contributed by atoms with van der Waals surface area (Å²) in [5, 5.41) is 0.0368. The van der Waals surface area contributed by atoms with Gasteiger partial charge in [0.15, 0.2) is 0 Å². The number of hydrogen-bond acceptors (Lipinski definition) is 4. The molecule has 1 fully saturated rings. The minimum atomic E-state index is -3.65. The second-order valence-corrected chi connectivity index (χ2v) is 6.74. The zero-order valence-electron chi connectivity index (χ0n) is 10.5. The average molecular weight is 294 g/mol. The van der Waals surface area contributed by atoms with E-state index in [0.29, 0.717) is 13.1 Å². The van der Waals surface area contributed by atoms with Crippen LogP contribution in [0.3, 0.4) is 0 Å². The molecule has 2 heterocycles. The lowest BCUT2D eigenvalue weighted by atomic mass is 10.3. The monoisotopic (exact) mass is 293 g/mol. The number of sulfonamides is 1. The topological polar surface area (TPSA) is 64.4 Å². The average Bonchev–Trinajstić information content (AvgIpc) is 2.58. The predicted octanol–water partition coefficient (Wildman–Crippen LogP) is 0.871. The summed E-state index contributed by atoms with van der Waals surface area (Å²) in [6, 6.07) is 0. The third-order valence-electron chi connectivity index (χ3n) is 2.80. The van der Waals surface area contributed by atoms with E-state index in [1.807, 2.05) is 13.8 Å². The van der Waals surface area contributed by atoms with Gasteiger partial charge in [0.1, 0.15) is 5.15 Å². The maximum atomic E-state index is 12.4. The first-order chi connectivity index (χ1) is 8.32. The Morgan fingerprint density at radius 2 is 1.94 bits per heavy atom. The molecule has 0 amide bonds. The molecule has 8 heteroatoms. The number of aryl methyl sites for hydroxylation is 1. The fourth-order valence-electron chi connectivity index (χ4n) is 2.02. The van der Waals surface area contributed by atoms with Crippen LogP contribution in [0.4, 0.5) is 0 Å². The van der Waals surface area contributed by atoms with E-state index in [9.17, 15) is 8.42 Å². The zero-order chi connectivity index (χ0) is 13.5. The summed E-state index contributed by atoms with van der Waals surface area (Å²) in [5.74, 6) is 0. The molecule has 0 spiro atoms. The third kappa shape index (κ3) is 2.40. The van der Waals surface area contributed by atoms with Crippen molar-refractivity contribution in [3.8, 4) is 0 Å². The van der Waals surface area contributed by atoms with E-state index in [-0.39, 0.29) is 22.4 Å². The van der Waals surface area contributed by atoms with Crippen LogP contribution < -0.4 is 0 Å². The molecule has 0 bridgehead atoms. The lowest BCUT2D eigenvalue weighted by Crippen LogP contribution is -2.48. The van der Waals surface area contributed by atoms with Crippen molar-refractivity contribution >= 4 is 21.6 Å². The molecule has 0 aromatic carbocycles. The van der Waals surface area contributed by atoms with Gasteiger partial charge in [-0.1, -0.05) is 11.6 Å². The van der Waals surface area contributed by atoms with E-state index in [1.54, 1.807) is 7.05 Å². The Morgan fingerprint density at radius 3 is 2.39 bits per heavy atom. The van der Waals surface area contributed by atoms with Gasteiger partial charge in [0, 0.05) is 20.1 Å². The van der Waals surface area contributed by atoms with Crippen LogP contribution in [0.2, 0.25) is 5.15 Å². The summed E-state index contributed by atoms with van der Waals surface area (Å²) in [6.45, 7) is 4.33. The number of halogens is 1. The number of ether oxygens (including phenoxy) is 1. The van der Waals surface area contributed by atoms with Gasteiger partial charge in [0.2, 0.25) is 5.03 Å². The first-order valence-corrected chi connectivity index (χ1v) is 7.46. The summed E-state index contributed by atoms with van der Waals surface area (Å²) >= 11 is 5.95. The first-order valence-electron chi connectivity index (χ1n) is 5.64. The lowest BCUT2D eigenvalue weighted by Gasteiger charge is -2.33. The molecule has 0 N–H and O–H groups in total. The minimum Gasteiger partial charge on any atom is -0.373 e. The highest BCUT2D eigenvalue weighted by Gasteiger charge is 2.35. The first kappa shape index (κ1) is 13.8.